The molecule has 1 N–H and O–H groups in total. The van der Waals surface area contributed by atoms with E-state index in [0.29, 0.717) is 12.2 Å². The lowest BCUT2D eigenvalue weighted by Crippen LogP contribution is -2.21. The summed E-state index contributed by atoms with van der Waals surface area (Å²) >= 11 is 5.74. The fourth-order valence-electron chi connectivity index (χ4n) is 2.14. The standard InChI is InChI=1S/C18H17ClFNO4/c1-24-16-5-3-2-4-12(16)6-9-18(23)25-11-17(22)21-15-10-13(19)7-8-14(15)20/h2-5,7-8,10H,6,9,11H2,1H3,(H,21,22). The van der Waals surface area contributed by atoms with Crippen molar-refractivity contribution in [3.05, 3.63) is 58.9 Å². The summed E-state index contributed by atoms with van der Waals surface area (Å²) in [6.45, 7) is -0.503. The van der Waals surface area contributed by atoms with Gasteiger partial charge in [-0.2, -0.15) is 0 Å². The number of carbonyl (C=O) groups is 2. The molecule has 7 heteroatoms. The Balaban J connectivity index is 1.79. The molecule has 0 spiro atoms. The lowest BCUT2D eigenvalue weighted by molar-refractivity contribution is -0.147. The number of esters is 1. The molecule has 2 aromatic rings. The van der Waals surface area contributed by atoms with Gasteiger partial charge in [-0.05, 0) is 36.2 Å². The molecule has 5 nitrogen and oxygen atoms in total. The van der Waals surface area contributed by atoms with Gasteiger partial charge in [0.1, 0.15) is 11.6 Å². The molecule has 2 rings (SSSR count). The second kappa shape index (κ2) is 9.03. The van der Waals surface area contributed by atoms with Gasteiger partial charge in [0.05, 0.1) is 12.8 Å². The highest BCUT2D eigenvalue weighted by atomic mass is 35.5. The summed E-state index contributed by atoms with van der Waals surface area (Å²) in [5, 5.41) is 2.59. The van der Waals surface area contributed by atoms with Crippen LogP contribution in [0.15, 0.2) is 42.5 Å². The molecule has 0 bridgehead atoms. The Labute approximate surface area is 149 Å². The zero-order chi connectivity index (χ0) is 18.2. The number of hydrogen-bond acceptors (Lipinski definition) is 4. The Morgan fingerprint density at radius 2 is 1.96 bits per heavy atom. The van der Waals surface area contributed by atoms with Crippen molar-refractivity contribution in [1.82, 2.24) is 0 Å². The molecule has 0 saturated carbocycles. The zero-order valence-corrected chi connectivity index (χ0v) is 14.3. The molecule has 2 aromatic carbocycles. The van der Waals surface area contributed by atoms with E-state index in [1.807, 2.05) is 18.2 Å². The maximum Gasteiger partial charge on any atom is 0.306 e. The molecule has 0 aliphatic heterocycles. The lowest BCUT2D eigenvalue weighted by atomic mass is 10.1. The quantitative estimate of drug-likeness (QED) is 0.761. The summed E-state index contributed by atoms with van der Waals surface area (Å²) in [4.78, 5) is 23.5. The van der Waals surface area contributed by atoms with Crippen LogP contribution in [-0.4, -0.2) is 25.6 Å². The molecule has 0 aliphatic rings. The number of methoxy groups -OCH3 is 1. The number of carbonyl (C=O) groups excluding carboxylic acids is 2. The fourth-order valence-corrected chi connectivity index (χ4v) is 2.32. The first kappa shape index (κ1) is 18.7. The van der Waals surface area contributed by atoms with E-state index in [0.717, 1.165) is 11.6 Å². The van der Waals surface area contributed by atoms with E-state index in [1.165, 1.54) is 12.1 Å². The molecule has 25 heavy (non-hydrogen) atoms. The maximum atomic E-state index is 13.5. The summed E-state index contributed by atoms with van der Waals surface area (Å²) < 4.78 is 23.6. The van der Waals surface area contributed by atoms with E-state index in [-0.39, 0.29) is 17.1 Å². The number of benzene rings is 2. The molecule has 0 aliphatic carbocycles. The maximum absolute atomic E-state index is 13.5. The number of rotatable bonds is 7. The van der Waals surface area contributed by atoms with Crippen molar-refractivity contribution >= 4 is 29.2 Å². The summed E-state index contributed by atoms with van der Waals surface area (Å²) in [5.74, 6) is -1.12. The average Bonchev–Trinajstić information content (AvgIpc) is 2.61. The smallest absolute Gasteiger partial charge is 0.306 e. The van der Waals surface area contributed by atoms with Crippen molar-refractivity contribution in [3.8, 4) is 5.75 Å². The van der Waals surface area contributed by atoms with Crippen LogP contribution in [0.5, 0.6) is 5.75 Å². The summed E-state index contributed by atoms with van der Waals surface area (Å²) in [6, 6.07) is 11.1. The van der Waals surface area contributed by atoms with E-state index in [9.17, 15) is 14.0 Å². The molecule has 0 saturated heterocycles. The van der Waals surface area contributed by atoms with Gasteiger partial charge >= 0.3 is 5.97 Å². The van der Waals surface area contributed by atoms with Gasteiger partial charge in [-0.15, -0.1) is 0 Å². The number of anilines is 1. The van der Waals surface area contributed by atoms with Crippen molar-refractivity contribution in [2.75, 3.05) is 19.0 Å². The topological polar surface area (TPSA) is 64.6 Å². The van der Waals surface area contributed by atoms with Gasteiger partial charge in [-0.3, -0.25) is 9.59 Å². The second-order valence-electron chi connectivity index (χ2n) is 5.14. The summed E-state index contributed by atoms with van der Waals surface area (Å²) in [6.07, 6.45) is 0.520. The Morgan fingerprint density at radius 3 is 2.72 bits per heavy atom. The third kappa shape index (κ3) is 5.76. The third-order valence-electron chi connectivity index (χ3n) is 3.36. The average molecular weight is 366 g/mol. The molecular weight excluding hydrogens is 349 g/mol. The monoisotopic (exact) mass is 365 g/mol. The van der Waals surface area contributed by atoms with Gasteiger partial charge in [0.15, 0.2) is 6.61 Å². The van der Waals surface area contributed by atoms with E-state index in [1.54, 1.807) is 13.2 Å². The van der Waals surface area contributed by atoms with Crippen molar-refractivity contribution in [2.45, 2.75) is 12.8 Å². The lowest BCUT2D eigenvalue weighted by Gasteiger charge is -2.09. The SMILES string of the molecule is COc1ccccc1CCC(=O)OCC(=O)Nc1cc(Cl)ccc1F. The zero-order valence-electron chi connectivity index (χ0n) is 13.6. The van der Waals surface area contributed by atoms with Crippen LogP contribution in [0.4, 0.5) is 10.1 Å². The van der Waals surface area contributed by atoms with E-state index < -0.39 is 24.3 Å². The third-order valence-corrected chi connectivity index (χ3v) is 3.59. The first-order chi connectivity index (χ1) is 12.0. The van der Waals surface area contributed by atoms with Crippen LogP contribution in [0.1, 0.15) is 12.0 Å². The number of amides is 1. The van der Waals surface area contributed by atoms with E-state index >= 15 is 0 Å². The Morgan fingerprint density at radius 1 is 1.20 bits per heavy atom. The molecule has 0 unspecified atom stereocenters. The number of ether oxygens (including phenoxy) is 2. The largest absolute Gasteiger partial charge is 0.496 e. The molecule has 1 amide bonds. The molecule has 0 fully saturated rings. The highest BCUT2D eigenvalue weighted by molar-refractivity contribution is 6.30. The van der Waals surface area contributed by atoms with Gasteiger partial charge < -0.3 is 14.8 Å². The summed E-state index contributed by atoms with van der Waals surface area (Å²) in [7, 11) is 1.55. The van der Waals surface area contributed by atoms with Crippen molar-refractivity contribution in [1.29, 1.82) is 0 Å². The van der Waals surface area contributed by atoms with Gasteiger partial charge in [-0.1, -0.05) is 29.8 Å². The summed E-state index contributed by atoms with van der Waals surface area (Å²) in [5.41, 5.74) is 0.801. The van der Waals surface area contributed by atoms with Gasteiger partial charge in [0.25, 0.3) is 5.91 Å². The predicted octanol–water partition coefficient (Wildman–Crippen LogP) is 3.60. The number of halogens is 2. The first-order valence-corrected chi connectivity index (χ1v) is 7.90. The second-order valence-corrected chi connectivity index (χ2v) is 5.58. The van der Waals surface area contributed by atoms with Crippen LogP contribution in [0.2, 0.25) is 5.02 Å². The Hall–Kier alpha value is -2.60. The van der Waals surface area contributed by atoms with E-state index in [4.69, 9.17) is 21.1 Å². The number of para-hydroxylation sites is 1. The molecule has 0 heterocycles. The van der Waals surface area contributed by atoms with Gasteiger partial charge in [0.2, 0.25) is 0 Å². The van der Waals surface area contributed by atoms with Crippen LogP contribution in [0.3, 0.4) is 0 Å². The molecular formula is C18H17ClFNO4. The number of hydrogen-bond donors (Lipinski definition) is 1. The van der Waals surface area contributed by atoms with Gasteiger partial charge in [0, 0.05) is 11.4 Å². The minimum absolute atomic E-state index is 0.0671. The highest BCUT2D eigenvalue weighted by Gasteiger charge is 2.12. The molecule has 0 radical (unpaired) electrons. The molecule has 132 valence electrons. The van der Waals surface area contributed by atoms with Crippen molar-refractivity contribution in [2.24, 2.45) is 0 Å². The molecule has 0 atom stereocenters. The fraction of sp³-hybridized carbons (Fsp3) is 0.222. The van der Waals surface area contributed by atoms with Crippen LogP contribution in [0.25, 0.3) is 0 Å². The molecule has 0 aromatic heterocycles. The predicted molar refractivity (Wildman–Crippen MR) is 92.3 cm³/mol. The van der Waals surface area contributed by atoms with Crippen LogP contribution < -0.4 is 10.1 Å². The Kier molecular flexibility index (Phi) is 6.77. The van der Waals surface area contributed by atoms with Crippen molar-refractivity contribution in [3.63, 3.8) is 0 Å². The normalized spacial score (nSPS) is 10.2. The minimum Gasteiger partial charge on any atom is -0.496 e. The highest BCUT2D eigenvalue weighted by Crippen LogP contribution is 2.20. The van der Waals surface area contributed by atoms with Crippen LogP contribution in [-0.2, 0) is 20.7 Å². The first-order valence-electron chi connectivity index (χ1n) is 7.52. The van der Waals surface area contributed by atoms with Gasteiger partial charge in [-0.25, -0.2) is 4.39 Å². The van der Waals surface area contributed by atoms with Crippen LogP contribution >= 0.6 is 11.6 Å². The Bertz CT molecular complexity index is 766. The minimum atomic E-state index is -0.646. The van der Waals surface area contributed by atoms with E-state index in [2.05, 4.69) is 5.32 Å². The van der Waals surface area contributed by atoms with Crippen molar-refractivity contribution < 1.29 is 23.5 Å². The number of aryl methyl sites for hydroxylation is 1. The van der Waals surface area contributed by atoms with Crippen LogP contribution in [0, 0.1) is 5.82 Å². The number of nitrogens with one attached hydrogen (secondary N) is 1.